The predicted octanol–water partition coefficient (Wildman–Crippen LogP) is 4.91. The van der Waals surface area contributed by atoms with E-state index in [0.29, 0.717) is 6.04 Å². The maximum absolute atomic E-state index is 6.07. The molecule has 0 fully saturated rings. The zero-order chi connectivity index (χ0) is 14.5. The van der Waals surface area contributed by atoms with E-state index in [4.69, 9.17) is 16.6 Å². The third kappa shape index (κ3) is 4.05. The Morgan fingerprint density at radius 1 is 1.35 bits per heavy atom. The highest BCUT2D eigenvalue weighted by Gasteiger charge is 2.12. The maximum Gasteiger partial charge on any atom is 0.123 e. The number of nitrogens with one attached hydrogen (secondary N) is 1. The van der Waals surface area contributed by atoms with E-state index in [2.05, 4.69) is 32.2 Å². The van der Waals surface area contributed by atoms with Crippen LogP contribution >= 0.6 is 22.9 Å². The van der Waals surface area contributed by atoms with Crippen LogP contribution in [0.1, 0.15) is 37.8 Å². The topological polar surface area (TPSA) is 24.9 Å². The summed E-state index contributed by atoms with van der Waals surface area (Å²) in [5.74, 6) is 0. The third-order valence-electron chi connectivity index (χ3n) is 3.01. The minimum atomic E-state index is 0.487. The van der Waals surface area contributed by atoms with Crippen LogP contribution in [0.25, 0.3) is 10.6 Å². The minimum absolute atomic E-state index is 0.487. The zero-order valence-corrected chi connectivity index (χ0v) is 13.8. The molecule has 1 heterocycles. The minimum Gasteiger partial charge on any atom is -0.310 e. The van der Waals surface area contributed by atoms with Crippen molar-refractivity contribution in [3.63, 3.8) is 0 Å². The first-order valence-corrected chi connectivity index (χ1v) is 8.27. The van der Waals surface area contributed by atoms with Crippen molar-refractivity contribution in [1.29, 1.82) is 0 Å². The van der Waals surface area contributed by atoms with Crippen LogP contribution in [0.15, 0.2) is 24.3 Å². The number of hydrogen-bond acceptors (Lipinski definition) is 3. The van der Waals surface area contributed by atoms with Crippen LogP contribution in [0.2, 0.25) is 5.02 Å². The predicted molar refractivity (Wildman–Crippen MR) is 88.5 cm³/mol. The first-order chi connectivity index (χ1) is 9.60. The lowest BCUT2D eigenvalue weighted by Gasteiger charge is -2.07. The fraction of sp³-hybridized carbons (Fsp3) is 0.438. The standard InChI is InChI=1S/C16H21ClN2S/c1-4-6-14-15(10-18-11(2)3)20-16(19-14)12-7-5-8-13(17)9-12/h5,7-9,11,18H,4,6,10H2,1-3H3. The SMILES string of the molecule is CCCc1nc(-c2cccc(Cl)c2)sc1CNC(C)C. The van der Waals surface area contributed by atoms with Gasteiger partial charge in [0.1, 0.15) is 5.01 Å². The van der Waals surface area contributed by atoms with Gasteiger partial charge < -0.3 is 5.32 Å². The van der Waals surface area contributed by atoms with E-state index < -0.39 is 0 Å². The molecule has 0 bridgehead atoms. The molecule has 0 saturated heterocycles. The molecule has 0 saturated carbocycles. The lowest BCUT2D eigenvalue weighted by Crippen LogP contribution is -2.21. The van der Waals surface area contributed by atoms with Gasteiger partial charge in [-0.15, -0.1) is 11.3 Å². The van der Waals surface area contributed by atoms with Crippen LogP contribution in [0, 0.1) is 0 Å². The molecule has 2 nitrogen and oxygen atoms in total. The van der Waals surface area contributed by atoms with Crippen molar-refractivity contribution >= 4 is 22.9 Å². The summed E-state index contributed by atoms with van der Waals surface area (Å²) >= 11 is 7.84. The number of aryl methyl sites for hydroxylation is 1. The van der Waals surface area contributed by atoms with Crippen molar-refractivity contribution in [3.05, 3.63) is 39.9 Å². The molecule has 0 unspecified atom stereocenters. The van der Waals surface area contributed by atoms with E-state index in [0.717, 1.165) is 35.0 Å². The van der Waals surface area contributed by atoms with Crippen LogP contribution in [-0.2, 0) is 13.0 Å². The van der Waals surface area contributed by atoms with Crippen molar-refractivity contribution < 1.29 is 0 Å². The summed E-state index contributed by atoms with van der Waals surface area (Å²) in [4.78, 5) is 6.15. The molecule has 0 spiro atoms. The normalized spacial score (nSPS) is 11.2. The molecule has 0 aliphatic rings. The Bertz CT molecular complexity index is 563. The molecule has 108 valence electrons. The fourth-order valence-electron chi connectivity index (χ4n) is 2.00. The summed E-state index contributed by atoms with van der Waals surface area (Å²) in [5.41, 5.74) is 2.33. The average Bonchev–Trinajstić information content (AvgIpc) is 2.80. The number of nitrogens with zero attached hydrogens (tertiary/aromatic N) is 1. The fourth-order valence-corrected chi connectivity index (χ4v) is 3.24. The Hall–Kier alpha value is -0.900. The Kier molecular flexibility index (Phi) is 5.58. The monoisotopic (exact) mass is 308 g/mol. The second-order valence-corrected chi connectivity index (χ2v) is 6.70. The molecule has 0 amide bonds. The van der Waals surface area contributed by atoms with E-state index >= 15 is 0 Å². The van der Waals surface area contributed by atoms with Crippen molar-refractivity contribution in [2.75, 3.05) is 0 Å². The van der Waals surface area contributed by atoms with Gasteiger partial charge in [0.2, 0.25) is 0 Å². The molecular formula is C16H21ClN2S. The third-order valence-corrected chi connectivity index (χ3v) is 4.39. The van der Waals surface area contributed by atoms with E-state index in [1.165, 1.54) is 10.6 Å². The second-order valence-electron chi connectivity index (χ2n) is 5.18. The maximum atomic E-state index is 6.07. The first kappa shape index (κ1) is 15.5. The van der Waals surface area contributed by atoms with Crippen molar-refractivity contribution in [2.45, 2.75) is 46.2 Å². The van der Waals surface area contributed by atoms with Gasteiger partial charge >= 0.3 is 0 Å². The van der Waals surface area contributed by atoms with Gasteiger partial charge in [-0.05, 0) is 18.6 Å². The molecule has 0 aliphatic carbocycles. The molecular weight excluding hydrogens is 288 g/mol. The second kappa shape index (κ2) is 7.21. The molecule has 0 radical (unpaired) electrons. The highest BCUT2D eigenvalue weighted by molar-refractivity contribution is 7.15. The zero-order valence-electron chi connectivity index (χ0n) is 12.2. The van der Waals surface area contributed by atoms with Crippen LogP contribution in [0.4, 0.5) is 0 Å². The Morgan fingerprint density at radius 3 is 2.80 bits per heavy atom. The quantitative estimate of drug-likeness (QED) is 0.819. The summed E-state index contributed by atoms with van der Waals surface area (Å²) in [6.07, 6.45) is 2.15. The largest absolute Gasteiger partial charge is 0.310 e. The van der Waals surface area contributed by atoms with Gasteiger partial charge in [-0.1, -0.05) is 50.9 Å². The van der Waals surface area contributed by atoms with Gasteiger partial charge in [0.25, 0.3) is 0 Å². The Morgan fingerprint density at radius 2 is 2.15 bits per heavy atom. The van der Waals surface area contributed by atoms with Gasteiger partial charge in [0.15, 0.2) is 0 Å². The van der Waals surface area contributed by atoms with E-state index in [1.54, 1.807) is 11.3 Å². The van der Waals surface area contributed by atoms with Gasteiger partial charge in [-0.2, -0.15) is 0 Å². The van der Waals surface area contributed by atoms with Crippen LogP contribution in [0.3, 0.4) is 0 Å². The van der Waals surface area contributed by atoms with Crippen molar-refractivity contribution in [3.8, 4) is 10.6 Å². The first-order valence-electron chi connectivity index (χ1n) is 7.08. The van der Waals surface area contributed by atoms with E-state index in [9.17, 15) is 0 Å². The summed E-state index contributed by atoms with van der Waals surface area (Å²) in [6, 6.07) is 8.41. The average molecular weight is 309 g/mol. The van der Waals surface area contributed by atoms with E-state index in [1.807, 2.05) is 18.2 Å². The molecule has 4 heteroatoms. The molecule has 2 aromatic rings. The molecule has 0 aliphatic heterocycles. The van der Waals surface area contributed by atoms with Gasteiger partial charge in [0.05, 0.1) is 5.69 Å². The number of thiazole rings is 1. The van der Waals surface area contributed by atoms with Gasteiger partial charge in [-0.25, -0.2) is 4.98 Å². The Balaban J connectivity index is 2.28. The molecule has 1 N–H and O–H groups in total. The Labute approximate surface area is 130 Å². The number of halogens is 1. The summed E-state index contributed by atoms with van der Waals surface area (Å²) < 4.78 is 0. The summed E-state index contributed by atoms with van der Waals surface area (Å²) in [7, 11) is 0. The van der Waals surface area contributed by atoms with Gasteiger partial charge in [0, 0.05) is 28.0 Å². The van der Waals surface area contributed by atoms with Gasteiger partial charge in [-0.3, -0.25) is 0 Å². The smallest absolute Gasteiger partial charge is 0.123 e. The molecule has 1 aromatic carbocycles. The molecule has 1 aromatic heterocycles. The van der Waals surface area contributed by atoms with E-state index in [-0.39, 0.29) is 0 Å². The molecule has 20 heavy (non-hydrogen) atoms. The molecule has 2 rings (SSSR count). The number of benzene rings is 1. The van der Waals surface area contributed by atoms with Crippen LogP contribution < -0.4 is 5.32 Å². The summed E-state index contributed by atoms with van der Waals surface area (Å²) in [5, 5.41) is 5.31. The number of rotatable bonds is 6. The van der Waals surface area contributed by atoms with Crippen molar-refractivity contribution in [1.82, 2.24) is 10.3 Å². The number of hydrogen-bond donors (Lipinski definition) is 1. The van der Waals surface area contributed by atoms with Crippen LogP contribution in [-0.4, -0.2) is 11.0 Å². The lowest BCUT2D eigenvalue weighted by molar-refractivity contribution is 0.589. The molecule has 0 atom stereocenters. The summed E-state index contributed by atoms with van der Waals surface area (Å²) in [6.45, 7) is 7.42. The van der Waals surface area contributed by atoms with Crippen LogP contribution in [0.5, 0.6) is 0 Å². The number of aromatic nitrogens is 1. The van der Waals surface area contributed by atoms with Crippen molar-refractivity contribution in [2.24, 2.45) is 0 Å². The lowest BCUT2D eigenvalue weighted by atomic mass is 10.2. The highest BCUT2D eigenvalue weighted by Crippen LogP contribution is 2.30. The highest BCUT2D eigenvalue weighted by atomic mass is 35.5.